The molecule has 2 aliphatic rings. The second-order valence-electron chi connectivity index (χ2n) is 9.76. The Morgan fingerprint density at radius 2 is 1.56 bits per heavy atom. The minimum Gasteiger partial charge on any atom is -0.491 e. The molecule has 2 aliphatic heterocycles. The van der Waals surface area contributed by atoms with Crippen LogP contribution >= 0.6 is 0 Å². The highest BCUT2D eigenvalue weighted by atomic mass is 16.6. The minimum absolute atomic E-state index is 0.346. The van der Waals surface area contributed by atoms with E-state index >= 15 is 0 Å². The van der Waals surface area contributed by atoms with E-state index < -0.39 is 5.60 Å². The van der Waals surface area contributed by atoms with Gasteiger partial charge >= 0.3 is 5.97 Å². The molecule has 6 nitrogen and oxygen atoms in total. The molecule has 0 saturated carbocycles. The highest BCUT2D eigenvalue weighted by molar-refractivity contribution is 5.97. The molecule has 0 aromatic heterocycles. The van der Waals surface area contributed by atoms with Gasteiger partial charge in [0.25, 0.3) is 0 Å². The number of carbonyl (C=O) groups excluding carboxylic acids is 1. The number of nitrogens with zero attached hydrogens (tertiary/aromatic N) is 1. The van der Waals surface area contributed by atoms with E-state index in [0.717, 1.165) is 53.3 Å². The maximum Gasteiger partial charge on any atom is 0.340 e. The van der Waals surface area contributed by atoms with Crippen molar-refractivity contribution < 1.29 is 19.0 Å². The van der Waals surface area contributed by atoms with Crippen molar-refractivity contribution in [1.29, 1.82) is 0 Å². The summed E-state index contributed by atoms with van der Waals surface area (Å²) >= 11 is 0. The van der Waals surface area contributed by atoms with E-state index in [1.165, 1.54) is 0 Å². The molecule has 1 unspecified atom stereocenters. The first-order valence-electron chi connectivity index (χ1n) is 13.6. The molecule has 6 heteroatoms. The number of nitrogens with one attached hydrogen (secondary N) is 1. The molecule has 0 amide bonds. The van der Waals surface area contributed by atoms with Crippen molar-refractivity contribution in [2.75, 3.05) is 29.9 Å². The summed E-state index contributed by atoms with van der Waals surface area (Å²) in [5.41, 5.74) is 4.55. The van der Waals surface area contributed by atoms with Gasteiger partial charge in [-0.15, -0.1) is 0 Å². The molecule has 1 atom stereocenters. The zero-order valence-electron chi connectivity index (χ0n) is 22.5. The lowest BCUT2D eigenvalue weighted by molar-refractivity contribution is 0.0224. The summed E-state index contributed by atoms with van der Waals surface area (Å²) in [6.45, 7) is 8.65. The third-order valence-electron chi connectivity index (χ3n) is 7.44. The van der Waals surface area contributed by atoms with Gasteiger partial charge in [0.1, 0.15) is 17.2 Å². The first kappa shape index (κ1) is 24.9. The summed E-state index contributed by atoms with van der Waals surface area (Å²) in [4.78, 5) is 15.6. The summed E-state index contributed by atoms with van der Waals surface area (Å²) in [5, 5.41) is 3.51. The molecule has 1 spiro atoms. The summed E-state index contributed by atoms with van der Waals surface area (Å²) in [6.07, 6.45) is 0.869. The number of hydrogen-bond donors (Lipinski definition) is 1. The maximum atomic E-state index is 13.3. The van der Waals surface area contributed by atoms with Crippen molar-refractivity contribution in [2.24, 2.45) is 0 Å². The zero-order valence-corrected chi connectivity index (χ0v) is 22.5. The molecule has 4 aromatic rings. The van der Waals surface area contributed by atoms with Gasteiger partial charge in [-0.25, -0.2) is 4.79 Å². The number of anilines is 3. The molecule has 39 heavy (non-hydrogen) atoms. The van der Waals surface area contributed by atoms with Crippen LogP contribution < -0.4 is 19.7 Å². The van der Waals surface area contributed by atoms with E-state index in [9.17, 15) is 4.79 Å². The van der Waals surface area contributed by atoms with Crippen LogP contribution in [0.3, 0.4) is 0 Å². The Balaban J connectivity index is 1.59. The van der Waals surface area contributed by atoms with Gasteiger partial charge in [-0.1, -0.05) is 43.3 Å². The third-order valence-corrected chi connectivity index (χ3v) is 7.44. The van der Waals surface area contributed by atoms with Crippen LogP contribution in [0.25, 0.3) is 0 Å². The second kappa shape index (κ2) is 10.0. The van der Waals surface area contributed by atoms with Gasteiger partial charge < -0.3 is 24.4 Å². The van der Waals surface area contributed by atoms with Crippen LogP contribution in [0.2, 0.25) is 0 Å². The molecule has 0 fully saturated rings. The van der Waals surface area contributed by atoms with Crippen molar-refractivity contribution in [3.63, 3.8) is 0 Å². The number of benzene rings is 4. The first-order valence-corrected chi connectivity index (χ1v) is 13.6. The standard InChI is InChI=1S/C33H32N2O4/c1-4-18-37-31-21-30-27(20-28(31)34-22-12-8-7-9-13-22)33(25-15-11-10-14-24(25)32(36)39-33)26-17-16-23(19-29(26)38-30)35(5-2)6-3/h7-17,19-21,34H,4-6,18H2,1-3H3. The molecule has 0 radical (unpaired) electrons. The Morgan fingerprint density at radius 3 is 2.33 bits per heavy atom. The van der Waals surface area contributed by atoms with Crippen LogP contribution in [0.15, 0.2) is 84.9 Å². The molecule has 1 N–H and O–H groups in total. The molecular weight excluding hydrogens is 488 g/mol. The Hall–Kier alpha value is -4.45. The third kappa shape index (κ3) is 4.07. The van der Waals surface area contributed by atoms with Crippen LogP contribution in [0.5, 0.6) is 17.2 Å². The number of esters is 1. The molecule has 4 aromatic carbocycles. The first-order chi connectivity index (χ1) is 19.1. The highest BCUT2D eigenvalue weighted by Gasteiger charge is 2.53. The van der Waals surface area contributed by atoms with Crippen molar-refractivity contribution in [3.8, 4) is 17.2 Å². The molecular formula is C33H32N2O4. The van der Waals surface area contributed by atoms with E-state index in [1.807, 2.05) is 78.9 Å². The van der Waals surface area contributed by atoms with Crippen LogP contribution in [0.4, 0.5) is 17.1 Å². The van der Waals surface area contributed by atoms with Crippen LogP contribution in [-0.2, 0) is 10.3 Å². The predicted molar refractivity (Wildman–Crippen MR) is 154 cm³/mol. The lowest BCUT2D eigenvalue weighted by Gasteiger charge is -2.37. The predicted octanol–water partition coefficient (Wildman–Crippen LogP) is 7.63. The molecule has 0 saturated heterocycles. The van der Waals surface area contributed by atoms with Gasteiger partial charge in [0.15, 0.2) is 5.60 Å². The van der Waals surface area contributed by atoms with Gasteiger partial charge in [0.05, 0.1) is 17.9 Å². The summed E-state index contributed by atoms with van der Waals surface area (Å²) in [7, 11) is 0. The fraction of sp³-hybridized carbons (Fsp3) is 0.242. The number of rotatable bonds is 8. The normalized spacial score (nSPS) is 16.5. The molecule has 198 valence electrons. The van der Waals surface area contributed by atoms with Gasteiger partial charge in [-0.3, -0.25) is 0 Å². The zero-order chi connectivity index (χ0) is 27.0. The van der Waals surface area contributed by atoms with Gasteiger partial charge in [0.2, 0.25) is 0 Å². The van der Waals surface area contributed by atoms with Gasteiger partial charge in [-0.05, 0) is 56.7 Å². The van der Waals surface area contributed by atoms with Crippen LogP contribution in [0, 0.1) is 0 Å². The van der Waals surface area contributed by atoms with Gasteiger partial charge in [0, 0.05) is 53.3 Å². The van der Waals surface area contributed by atoms with E-state index in [4.69, 9.17) is 14.2 Å². The lowest BCUT2D eigenvalue weighted by Crippen LogP contribution is -2.33. The quantitative estimate of drug-likeness (QED) is 0.241. The fourth-order valence-corrected chi connectivity index (χ4v) is 5.58. The van der Waals surface area contributed by atoms with E-state index in [1.54, 1.807) is 0 Å². The SMILES string of the molecule is CCCOc1cc2c(cc1Nc1ccccc1)C1(OC(=O)c3ccccc31)c1ccc(N(CC)CC)cc1O2. The molecule has 0 aliphatic carbocycles. The van der Waals surface area contributed by atoms with E-state index in [2.05, 4.69) is 37.1 Å². The summed E-state index contributed by atoms with van der Waals surface area (Å²) < 4.78 is 19.2. The average molecular weight is 521 g/mol. The van der Waals surface area contributed by atoms with Crippen molar-refractivity contribution in [2.45, 2.75) is 32.8 Å². The van der Waals surface area contributed by atoms with Crippen LogP contribution in [-0.4, -0.2) is 25.7 Å². The smallest absolute Gasteiger partial charge is 0.340 e. The number of para-hydroxylation sites is 1. The van der Waals surface area contributed by atoms with E-state index in [-0.39, 0.29) is 5.97 Å². The van der Waals surface area contributed by atoms with Crippen molar-refractivity contribution in [3.05, 3.63) is 107 Å². The Labute approximate surface area is 229 Å². The summed E-state index contributed by atoms with van der Waals surface area (Å²) in [5.74, 6) is 1.60. The number of carbonyl (C=O) groups is 1. The average Bonchev–Trinajstić information content (AvgIpc) is 3.26. The van der Waals surface area contributed by atoms with Crippen molar-refractivity contribution in [1.82, 2.24) is 0 Å². The highest BCUT2D eigenvalue weighted by Crippen LogP contribution is 2.58. The van der Waals surface area contributed by atoms with Crippen molar-refractivity contribution >= 4 is 23.0 Å². The maximum absolute atomic E-state index is 13.3. The summed E-state index contributed by atoms with van der Waals surface area (Å²) in [6, 6.07) is 27.7. The Bertz CT molecular complexity index is 1530. The second-order valence-corrected chi connectivity index (χ2v) is 9.76. The number of fused-ring (bicyclic) bond motifs is 6. The fourth-order valence-electron chi connectivity index (χ4n) is 5.58. The minimum atomic E-state index is -1.14. The number of hydrogen-bond acceptors (Lipinski definition) is 6. The largest absolute Gasteiger partial charge is 0.491 e. The molecule has 0 bridgehead atoms. The van der Waals surface area contributed by atoms with Crippen LogP contribution in [0.1, 0.15) is 54.2 Å². The Morgan fingerprint density at radius 1 is 0.821 bits per heavy atom. The lowest BCUT2D eigenvalue weighted by atomic mass is 9.77. The topological polar surface area (TPSA) is 60.0 Å². The van der Waals surface area contributed by atoms with E-state index in [0.29, 0.717) is 29.4 Å². The van der Waals surface area contributed by atoms with Gasteiger partial charge in [-0.2, -0.15) is 0 Å². The molecule has 2 heterocycles. The monoisotopic (exact) mass is 520 g/mol. The number of ether oxygens (including phenoxy) is 3. The molecule has 6 rings (SSSR count). The Kier molecular flexibility index (Phi) is 6.39.